The highest BCUT2D eigenvalue weighted by Gasteiger charge is 2.24. The maximum Gasteiger partial charge on any atom is 0.317 e. The van der Waals surface area contributed by atoms with Gasteiger partial charge in [0, 0.05) is 32.2 Å². The molecule has 2 aliphatic rings. The van der Waals surface area contributed by atoms with E-state index in [1.165, 1.54) is 12.8 Å². The lowest BCUT2D eigenvalue weighted by Crippen LogP contribution is -2.46. The first-order chi connectivity index (χ1) is 12.6. The van der Waals surface area contributed by atoms with Crippen molar-refractivity contribution in [3.05, 3.63) is 29.8 Å². The molecule has 1 N–H and O–H groups in total. The number of urea groups is 1. The predicted molar refractivity (Wildman–Crippen MR) is 100 cm³/mol. The molecule has 0 radical (unpaired) electrons. The van der Waals surface area contributed by atoms with Crippen molar-refractivity contribution in [3.8, 4) is 5.75 Å². The van der Waals surface area contributed by atoms with Gasteiger partial charge in [0.05, 0.1) is 0 Å². The molecule has 0 bridgehead atoms. The molecular weight excluding hydrogens is 330 g/mol. The molecule has 1 aliphatic heterocycles. The first kappa shape index (κ1) is 18.5. The van der Waals surface area contributed by atoms with Crippen LogP contribution in [-0.4, -0.2) is 60.6 Å². The largest absolute Gasteiger partial charge is 0.484 e. The highest BCUT2D eigenvalue weighted by molar-refractivity contribution is 5.78. The van der Waals surface area contributed by atoms with Gasteiger partial charge in [-0.15, -0.1) is 0 Å². The molecule has 1 aromatic rings. The SMILES string of the molecule is Cc1ccc(OCC(=O)N2CCCN(C(=O)NC3CCCC3)CC2)cc1. The number of ether oxygens (including phenoxy) is 1. The van der Waals surface area contributed by atoms with Crippen LogP contribution in [0, 0.1) is 6.92 Å². The lowest BCUT2D eigenvalue weighted by molar-refractivity contribution is -0.133. The van der Waals surface area contributed by atoms with Crippen LogP contribution in [0.1, 0.15) is 37.7 Å². The van der Waals surface area contributed by atoms with E-state index >= 15 is 0 Å². The normalized spacial score (nSPS) is 18.5. The Kier molecular flexibility index (Phi) is 6.36. The number of hydrogen-bond acceptors (Lipinski definition) is 3. The van der Waals surface area contributed by atoms with Crippen molar-refractivity contribution in [2.75, 3.05) is 32.8 Å². The van der Waals surface area contributed by atoms with Crippen molar-refractivity contribution in [2.24, 2.45) is 0 Å². The highest BCUT2D eigenvalue weighted by Crippen LogP contribution is 2.18. The summed E-state index contributed by atoms with van der Waals surface area (Å²) < 4.78 is 5.60. The molecule has 0 atom stereocenters. The lowest BCUT2D eigenvalue weighted by atomic mass is 10.2. The van der Waals surface area contributed by atoms with Crippen LogP contribution >= 0.6 is 0 Å². The van der Waals surface area contributed by atoms with E-state index in [1.807, 2.05) is 36.1 Å². The van der Waals surface area contributed by atoms with Crippen LogP contribution in [0.5, 0.6) is 5.75 Å². The number of nitrogens with one attached hydrogen (secondary N) is 1. The second-order valence-electron chi connectivity index (χ2n) is 7.25. The predicted octanol–water partition coefficient (Wildman–Crippen LogP) is 2.56. The molecule has 1 saturated carbocycles. The van der Waals surface area contributed by atoms with Crippen LogP contribution in [-0.2, 0) is 4.79 Å². The quantitative estimate of drug-likeness (QED) is 0.899. The summed E-state index contributed by atoms with van der Waals surface area (Å²) in [5.41, 5.74) is 1.16. The third kappa shape index (κ3) is 5.13. The van der Waals surface area contributed by atoms with E-state index < -0.39 is 0 Å². The Morgan fingerprint density at radius 3 is 2.38 bits per heavy atom. The molecule has 1 aromatic carbocycles. The number of benzene rings is 1. The summed E-state index contributed by atoms with van der Waals surface area (Å²) in [6, 6.07) is 8.02. The standard InChI is InChI=1S/C20H29N3O3/c1-16-7-9-18(10-8-16)26-15-19(24)22-11-4-12-23(14-13-22)20(25)21-17-5-2-3-6-17/h7-10,17H,2-6,11-15H2,1H3,(H,21,25). The lowest BCUT2D eigenvalue weighted by Gasteiger charge is -2.24. The van der Waals surface area contributed by atoms with E-state index in [9.17, 15) is 9.59 Å². The summed E-state index contributed by atoms with van der Waals surface area (Å²) in [5.74, 6) is 0.681. The maximum absolute atomic E-state index is 12.4. The summed E-state index contributed by atoms with van der Waals surface area (Å²) in [5, 5.41) is 3.13. The van der Waals surface area contributed by atoms with Crippen molar-refractivity contribution in [3.63, 3.8) is 0 Å². The Labute approximate surface area is 155 Å². The molecule has 26 heavy (non-hydrogen) atoms. The van der Waals surface area contributed by atoms with Gasteiger partial charge in [-0.2, -0.15) is 0 Å². The first-order valence-corrected chi connectivity index (χ1v) is 9.64. The van der Waals surface area contributed by atoms with E-state index in [2.05, 4.69) is 5.32 Å². The van der Waals surface area contributed by atoms with Gasteiger partial charge < -0.3 is 19.9 Å². The molecule has 142 valence electrons. The Morgan fingerprint density at radius 1 is 1.00 bits per heavy atom. The second kappa shape index (κ2) is 8.92. The van der Waals surface area contributed by atoms with E-state index in [-0.39, 0.29) is 18.5 Å². The smallest absolute Gasteiger partial charge is 0.317 e. The van der Waals surface area contributed by atoms with Gasteiger partial charge in [0.15, 0.2) is 6.61 Å². The highest BCUT2D eigenvalue weighted by atomic mass is 16.5. The second-order valence-corrected chi connectivity index (χ2v) is 7.25. The van der Waals surface area contributed by atoms with Crippen molar-refractivity contribution in [1.29, 1.82) is 0 Å². The number of rotatable bonds is 4. The van der Waals surface area contributed by atoms with Gasteiger partial charge in [-0.05, 0) is 38.3 Å². The summed E-state index contributed by atoms with van der Waals surface area (Å²) in [6.45, 7) is 4.56. The van der Waals surface area contributed by atoms with Crippen molar-refractivity contribution < 1.29 is 14.3 Å². The van der Waals surface area contributed by atoms with Gasteiger partial charge in [0.2, 0.25) is 0 Å². The fourth-order valence-electron chi connectivity index (χ4n) is 3.58. The molecule has 0 unspecified atom stereocenters. The van der Waals surface area contributed by atoms with E-state index in [4.69, 9.17) is 4.74 Å². The molecule has 3 rings (SSSR count). The minimum atomic E-state index is -0.0244. The summed E-state index contributed by atoms with van der Waals surface area (Å²) in [7, 11) is 0. The topological polar surface area (TPSA) is 61.9 Å². The van der Waals surface area contributed by atoms with Gasteiger partial charge in [-0.3, -0.25) is 4.79 Å². The minimum absolute atomic E-state index is 0.0158. The van der Waals surface area contributed by atoms with Crippen molar-refractivity contribution >= 4 is 11.9 Å². The third-order valence-electron chi connectivity index (χ3n) is 5.20. The van der Waals surface area contributed by atoms with Crippen LogP contribution in [0.15, 0.2) is 24.3 Å². The molecule has 0 aromatic heterocycles. The number of carbonyl (C=O) groups is 2. The van der Waals surface area contributed by atoms with Crippen molar-refractivity contribution in [2.45, 2.75) is 45.1 Å². The molecule has 2 fully saturated rings. The van der Waals surface area contributed by atoms with E-state index in [0.29, 0.717) is 38.0 Å². The van der Waals surface area contributed by atoms with Crippen LogP contribution in [0.4, 0.5) is 4.79 Å². The molecule has 0 spiro atoms. The summed E-state index contributed by atoms with van der Waals surface area (Å²) in [6.07, 6.45) is 5.37. The molecular formula is C20H29N3O3. The average molecular weight is 359 g/mol. The fraction of sp³-hybridized carbons (Fsp3) is 0.600. The average Bonchev–Trinajstić information content (AvgIpc) is 3.02. The third-order valence-corrected chi connectivity index (χ3v) is 5.20. The number of aryl methyl sites for hydroxylation is 1. The van der Waals surface area contributed by atoms with E-state index in [0.717, 1.165) is 24.8 Å². The Morgan fingerprint density at radius 2 is 1.65 bits per heavy atom. The maximum atomic E-state index is 12.4. The Hall–Kier alpha value is -2.24. The fourth-order valence-corrected chi connectivity index (χ4v) is 3.58. The number of carbonyl (C=O) groups excluding carboxylic acids is 2. The zero-order chi connectivity index (χ0) is 18.4. The van der Waals surface area contributed by atoms with Gasteiger partial charge in [0.1, 0.15) is 5.75 Å². The zero-order valence-electron chi connectivity index (χ0n) is 15.6. The van der Waals surface area contributed by atoms with Crippen LogP contribution in [0.2, 0.25) is 0 Å². The van der Waals surface area contributed by atoms with Crippen LogP contribution in [0.25, 0.3) is 0 Å². The monoisotopic (exact) mass is 359 g/mol. The summed E-state index contributed by atoms with van der Waals surface area (Å²) in [4.78, 5) is 28.5. The molecule has 6 heteroatoms. The number of hydrogen-bond donors (Lipinski definition) is 1. The van der Waals surface area contributed by atoms with Gasteiger partial charge in [0.25, 0.3) is 5.91 Å². The minimum Gasteiger partial charge on any atom is -0.484 e. The number of nitrogens with zero attached hydrogens (tertiary/aromatic N) is 2. The molecule has 1 aliphatic carbocycles. The Bertz CT molecular complexity index is 611. The Balaban J connectivity index is 1.44. The van der Waals surface area contributed by atoms with Gasteiger partial charge in [-0.1, -0.05) is 30.5 Å². The van der Waals surface area contributed by atoms with Crippen LogP contribution < -0.4 is 10.1 Å². The van der Waals surface area contributed by atoms with E-state index in [1.54, 1.807) is 4.90 Å². The molecule has 3 amide bonds. The molecule has 1 saturated heterocycles. The summed E-state index contributed by atoms with van der Waals surface area (Å²) >= 11 is 0. The van der Waals surface area contributed by atoms with Crippen molar-refractivity contribution in [1.82, 2.24) is 15.1 Å². The molecule has 1 heterocycles. The number of amides is 3. The molecule has 6 nitrogen and oxygen atoms in total. The first-order valence-electron chi connectivity index (χ1n) is 9.64. The van der Waals surface area contributed by atoms with Crippen LogP contribution in [0.3, 0.4) is 0 Å². The van der Waals surface area contributed by atoms with Gasteiger partial charge in [-0.25, -0.2) is 4.79 Å². The zero-order valence-corrected chi connectivity index (χ0v) is 15.6. The van der Waals surface area contributed by atoms with Gasteiger partial charge >= 0.3 is 6.03 Å².